The Morgan fingerprint density at radius 1 is 1.00 bits per heavy atom. The normalized spacial score (nSPS) is 13.5. The highest BCUT2D eigenvalue weighted by atomic mass is 32.2. The molecule has 1 N–H and O–H groups in total. The molecule has 0 radical (unpaired) electrons. The van der Waals surface area contributed by atoms with Gasteiger partial charge in [-0.2, -0.15) is 0 Å². The summed E-state index contributed by atoms with van der Waals surface area (Å²) in [6, 6.07) is 18.5. The second kappa shape index (κ2) is 8.55. The van der Waals surface area contributed by atoms with Crippen molar-refractivity contribution in [3.8, 4) is 11.5 Å². The van der Waals surface area contributed by atoms with Crippen molar-refractivity contribution in [2.24, 2.45) is 0 Å². The third-order valence-corrected chi connectivity index (χ3v) is 7.13. The molecule has 1 amide bonds. The summed E-state index contributed by atoms with van der Waals surface area (Å²) in [5.74, 6) is 0.852. The Bertz CT molecular complexity index is 1260. The van der Waals surface area contributed by atoms with E-state index >= 15 is 0 Å². The first-order valence-electron chi connectivity index (χ1n) is 10.1. The van der Waals surface area contributed by atoms with E-state index in [9.17, 15) is 13.2 Å². The minimum Gasteiger partial charge on any atom is -0.454 e. The van der Waals surface area contributed by atoms with E-state index in [1.807, 2.05) is 38.1 Å². The Labute approximate surface area is 187 Å². The molecule has 0 saturated heterocycles. The van der Waals surface area contributed by atoms with Gasteiger partial charge in [0.25, 0.3) is 10.0 Å². The van der Waals surface area contributed by atoms with Crippen molar-refractivity contribution >= 4 is 27.3 Å². The fourth-order valence-electron chi connectivity index (χ4n) is 3.69. The zero-order valence-electron chi connectivity index (χ0n) is 18.0. The number of benzene rings is 3. The number of hydrogen-bond acceptors (Lipinski definition) is 5. The molecular weight excluding hydrogens is 428 g/mol. The Balaban J connectivity index is 1.80. The Morgan fingerprint density at radius 2 is 1.72 bits per heavy atom. The molecule has 32 heavy (non-hydrogen) atoms. The van der Waals surface area contributed by atoms with Crippen LogP contribution in [-0.4, -0.2) is 21.1 Å². The monoisotopic (exact) mass is 452 g/mol. The lowest BCUT2D eigenvalue weighted by molar-refractivity contribution is -0.114. The standard InChI is InChI=1S/C24H24N2O5S/c1-16-5-4-6-19(13-16)17(2)26(21-9-12-23-24(14-21)31-15-30-23)32(28,29)22-10-7-20(8-11-22)25-18(3)27/h4-14,17H,15H2,1-3H3,(H,25,27)/t17-/m1/s1. The van der Waals surface area contributed by atoms with Crippen LogP contribution in [0.25, 0.3) is 0 Å². The molecule has 0 aliphatic carbocycles. The number of amides is 1. The molecule has 4 rings (SSSR count). The van der Waals surface area contributed by atoms with Crippen molar-refractivity contribution in [3.05, 3.63) is 77.9 Å². The zero-order chi connectivity index (χ0) is 22.9. The van der Waals surface area contributed by atoms with Gasteiger partial charge in [0.15, 0.2) is 11.5 Å². The van der Waals surface area contributed by atoms with Crippen LogP contribution in [-0.2, 0) is 14.8 Å². The van der Waals surface area contributed by atoms with Gasteiger partial charge in [0.2, 0.25) is 12.7 Å². The molecule has 1 atom stereocenters. The number of carbonyl (C=O) groups excluding carboxylic acids is 1. The van der Waals surface area contributed by atoms with E-state index in [1.54, 1.807) is 30.3 Å². The lowest BCUT2D eigenvalue weighted by atomic mass is 10.1. The third-order valence-electron chi connectivity index (χ3n) is 5.22. The van der Waals surface area contributed by atoms with Crippen molar-refractivity contribution in [2.75, 3.05) is 16.4 Å². The van der Waals surface area contributed by atoms with E-state index in [1.165, 1.54) is 23.4 Å². The van der Waals surface area contributed by atoms with Gasteiger partial charge < -0.3 is 14.8 Å². The number of aryl methyl sites for hydroxylation is 1. The van der Waals surface area contributed by atoms with Gasteiger partial charge in [0, 0.05) is 18.7 Å². The van der Waals surface area contributed by atoms with Crippen molar-refractivity contribution in [1.29, 1.82) is 0 Å². The van der Waals surface area contributed by atoms with Gasteiger partial charge in [-0.1, -0.05) is 29.8 Å². The molecule has 3 aromatic rings. The molecule has 0 aromatic heterocycles. The second-order valence-corrected chi connectivity index (χ2v) is 9.45. The van der Waals surface area contributed by atoms with Crippen LogP contribution in [0.3, 0.4) is 0 Å². The molecule has 7 nitrogen and oxygen atoms in total. The lowest BCUT2D eigenvalue weighted by Gasteiger charge is -2.31. The first kappa shape index (κ1) is 21.7. The zero-order valence-corrected chi connectivity index (χ0v) is 18.8. The smallest absolute Gasteiger partial charge is 0.264 e. The number of sulfonamides is 1. The van der Waals surface area contributed by atoms with E-state index < -0.39 is 16.1 Å². The number of ether oxygens (including phenoxy) is 2. The van der Waals surface area contributed by atoms with E-state index in [4.69, 9.17) is 9.47 Å². The number of hydrogen-bond donors (Lipinski definition) is 1. The highest BCUT2D eigenvalue weighted by molar-refractivity contribution is 7.92. The third kappa shape index (κ3) is 4.27. The minimum absolute atomic E-state index is 0.101. The van der Waals surface area contributed by atoms with Gasteiger partial charge in [0.1, 0.15) is 0 Å². The van der Waals surface area contributed by atoms with Crippen LogP contribution in [0.1, 0.15) is 31.0 Å². The van der Waals surface area contributed by atoms with Gasteiger partial charge in [-0.15, -0.1) is 0 Å². The second-order valence-electron chi connectivity index (χ2n) is 7.63. The maximum Gasteiger partial charge on any atom is 0.264 e. The highest BCUT2D eigenvalue weighted by Crippen LogP contribution is 2.40. The van der Waals surface area contributed by atoms with E-state index in [0.717, 1.165) is 11.1 Å². The lowest BCUT2D eigenvalue weighted by Crippen LogP contribution is -2.33. The predicted molar refractivity (Wildman–Crippen MR) is 123 cm³/mol. The Kier molecular flexibility index (Phi) is 5.80. The SMILES string of the molecule is CC(=O)Nc1ccc(S(=O)(=O)N(c2ccc3c(c2)OCO3)[C@H](C)c2cccc(C)c2)cc1. The van der Waals surface area contributed by atoms with Crippen molar-refractivity contribution in [1.82, 2.24) is 0 Å². The summed E-state index contributed by atoms with van der Waals surface area (Å²) in [4.78, 5) is 11.4. The number of anilines is 2. The predicted octanol–water partition coefficient (Wildman–Crippen LogP) is 4.64. The average molecular weight is 453 g/mol. The molecule has 0 bridgehead atoms. The summed E-state index contributed by atoms with van der Waals surface area (Å²) < 4.78 is 39.9. The van der Waals surface area contributed by atoms with E-state index in [2.05, 4.69) is 5.32 Å². The topological polar surface area (TPSA) is 84.9 Å². The molecular formula is C24H24N2O5S. The van der Waals surface area contributed by atoms with Crippen LogP contribution in [0.4, 0.5) is 11.4 Å². The van der Waals surface area contributed by atoms with Gasteiger partial charge in [-0.3, -0.25) is 9.10 Å². The number of carbonyl (C=O) groups is 1. The highest BCUT2D eigenvalue weighted by Gasteiger charge is 2.32. The first-order valence-corrected chi connectivity index (χ1v) is 11.6. The van der Waals surface area contributed by atoms with Gasteiger partial charge in [0.05, 0.1) is 16.6 Å². The summed E-state index contributed by atoms with van der Waals surface area (Å²) in [6.07, 6.45) is 0. The summed E-state index contributed by atoms with van der Waals surface area (Å²) >= 11 is 0. The van der Waals surface area contributed by atoms with Gasteiger partial charge in [-0.25, -0.2) is 8.42 Å². The summed E-state index contributed by atoms with van der Waals surface area (Å²) in [5, 5.41) is 2.65. The molecule has 1 aliphatic rings. The van der Waals surface area contributed by atoms with Crippen LogP contribution in [0, 0.1) is 6.92 Å². The summed E-state index contributed by atoms with van der Waals surface area (Å²) in [5.41, 5.74) is 2.89. The van der Waals surface area contributed by atoms with Crippen LogP contribution in [0.5, 0.6) is 11.5 Å². The maximum atomic E-state index is 13.8. The van der Waals surface area contributed by atoms with Crippen LogP contribution < -0.4 is 19.1 Å². The quantitative estimate of drug-likeness (QED) is 0.589. The number of nitrogens with zero attached hydrogens (tertiary/aromatic N) is 1. The fourth-order valence-corrected chi connectivity index (χ4v) is 5.32. The molecule has 0 fully saturated rings. The molecule has 3 aromatic carbocycles. The molecule has 0 unspecified atom stereocenters. The maximum absolute atomic E-state index is 13.8. The molecule has 8 heteroatoms. The average Bonchev–Trinajstić information content (AvgIpc) is 3.21. The van der Waals surface area contributed by atoms with E-state index in [-0.39, 0.29) is 17.6 Å². The number of fused-ring (bicyclic) bond motifs is 1. The largest absolute Gasteiger partial charge is 0.454 e. The number of nitrogens with one attached hydrogen (secondary N) is 1. The van der Waals surface area contributed by atoms with Crippen molar-refractivity contribution in [3.63, 3.8) is 0 Å². The first-order chi connectivity index (χ1) is 15.3. The minimum atomic E-state index is -3.95. The van der Waals surface area contributed by atoms with E-state index in [0.29, 0.717) is 22.9 Å². The Morgan fingerprint density at radius 3 is 2.41 bits per heavy atom. The number of rotatable bonds is 6. The molecule has 166 valence electrons. The Hall–Kier alpha value is -3.52. The van der Waals surface area contributed by atoms with Crippen molar-refractivity contribution < 1.29 is 22.7 Å². The fraction of sp³-hybridized carbons (Fsp3) is 0.208. The molecule has 1 heterocycles. The molecule has 0 saturated carbocycles. The van der Waals surface area contributed by atoms with Gasteiger partial charge in [-0.05, 0) is 55.8 Å². The summed E-state index contributed by atoms with van der Waals surface area (Å²) in [7, 11) is -3.95. The van der Waals surface area contributed by atoms with Crippen molar-refractivity contribution in [2.45, 2.75) is 31.7 Å². The molecule has 0 spiro atoms. The van der Waals surface area contributed by atoms with Crippen LogP contribution in [0.15, 0.2) is 71.6 Å². The van der Waals surface area contributed by atoms with Gasteiger partial charge >= 0.3 is 0 Å². The molecule has 1 aliphatic heterocycles. The summed E-state index contributed by atoms with van der Waals surface area (Å²) in [6.45, 7) is 5.32. The van der Waals surface area contributed by atoms with Crippen LogP contribution in [0.2, 0.25) is 0 Å². The van der Waals surface area contributed by atoms with Crippen LogP contribution >= 0.6 is 0 Å².